The Bertz CT molecular complexity index is 1210. The van der Waals surface area contributed by atoms with Crippen molar-refractivity contribution in [2.75, 3.05) is 0 Å². The van der Waals surface area contributed by atoms with Gasteiger partial charge in [0.25, 0.3) is 5.89 Å². The molecule has 3 heterocycles. The zero-order valence-corrected chi connectivity index (χ0v) is 15.7. The third kappa shape index (κ3) is 3.35. The van der Waals surface area contributed by atoms with E-state index in [1.807, 2.05) is 0 Å². The van der Waals surface area contributed by atoms with Crippen LogP contribution < -0.4 is 0 Å². The lowest BCUT2D eigenvalue weighted by molar-refractivity contribution is -0.206. The molecule has 6 nitrogen and oxygen atoms in total. The molecule has 4 aromatic rings. The number of imidazole rings is 1. The van der Waals surface area contributed by atoms with Gasteiger partial charge < -0.3 is 14.5 Å². The Morgan fingerprint density at radius 3 is 2.67 bits per heavy atom. The number of H-pyrrole nitrogens is 1. The van der Waals surface area contributed by atoms with E-state index in [2.05, 4.69) is 19.9 Å². The van der Waals surface area contributed by atoms with Crippen LogP contribution in [0.25, 0.3) is 33.9 Å². The molecule has 0 spiro atoms. The number of benzene rings is 1. The molecule has 5 rings (SSSR count). The first-order valence-corrected chi connectivity index (χ1v) is 9.57. The number of nitrogens with one attached hydrogen (secondary N) is 1. The maximum atomic E-state index is 12.8. The van der Waals surface area contributed by atoms with Crippen molar-refractivity contribution in [2.45, 2.75) is 38.0 Å². The molecule has 1 aliphatic rings. The molecular formula is C21H17F3N4O2. The van der Waals surface area contributed by atoms with Crippen LogP contribution in [0.15, 0.2) is 41.1 Å². The van der Waals surface area contributed by atoms with Gasteiger partial charge >= 0.3 is 6.18 Å². The van der Waals surface area contributed by atoms with Gasteiger partial charge in [-0.05, 0) is 49.4 Å². The molecule has 1 unspecified atom stereocenters. The normalized spacial score (nSPS) is 15.3. The first-order chi connectivity index (χ1) is 14.4. The van der Waals surface area contributed by atoms with Crippen LogP contribution in [-0.4, -0.2) is 31.2 Å². The molecule has 30 heavy (non-hydrogen) atoms. The standard InChI is InChI=1S/C21H17F3N4O2/c22-21(23,24)18(29)13-7-12(9-25-10-13)11-5-6-16-17(8-11)30-20(28-16)19-26-14-3-1-2-4-15(14)27-19/h5-10,18,29H,1-4H2,(H,26,27). The van der Waals surface area contributed by atoms with E-state index in [0.29, 0.717) is 33.9 Å². The summed E-state index contributed by atoms with van der Waals surface area (Å²) in [5.74, 6) is 0.951. The third-order valence-electron chi connectivity index (χ3n) is 5.26. The molecule has 9 heteroatoms. The van der Waals surface area contributed by atoms with Crippen molar-refractivity contribution >= 4 is 11.1 Å². The maximum Gasteiger partial charge on any atom is 0.418 e. The third-order valence-corrected chi connectivity index (χ3v) is 5.26. The second-order valence-corrected chi connectivity index (χ2v) is 7.37. The molecule has 0 saturated carbocycles. The fourth-order valence-electron chi connectivity index (χ4n) is 3.71. The van der Waals surface area contributed by atoms with Crippen LogP contribution in [0.4, 0.5) is 13.2 Å². The maximum absolute atomic E-state index is 12.8. The van der Waals surface area contributed by atoms with E-state index >= 15 is 0 Å². The molecule has 1 aliphatic carbocycles. The number of rotatable bonds is 3. The van der Waals surface area contributed by atoms with Crippen molar-refractivity contribution in [3.8, 4) is 22.8 Å². The average molecular weight is 414 g/mol. The zero-order valence-electron chi connectivity index (χ0n) is 15.7. The second kappa shape index (κ2) is 6.94. The number of oxazole rings is 1. The van der Waals surface area contributed by atoms with E-state index in [-0.39, 0.29) is 5.56 Å². The SMILES string of the molecule is OC(c1cncc(-c2ccc3nc(-c4nc5c([nH]4)CCCC5)oc3c2)c1)C(F)(F)F. The number of aromatic nitrogens is 4. The first-order valence-electron chi connectivity index (χ1n) is 9.57. The number of aromatic amines is 1. The highest BCUT2D eigenvalue weighted by atomic mass is 19.4. The molecule has 2 N–H and O–H groups in total. The topological polar surface area (TPSA) is 87.8 Å². The molecule has 0 amide bonds. The van der Waals surface area contributed by atoms with Crippen LogP contribution in [0.3, 0.4) is 0 Å². The number of fused-ring (bicyclic) bond motifs is 2. The minimum Gasteiger partial charge on any atom is -0.434 e. The van der Waals surface area contributed by atoms with E-state index in [0.717, 1.165) is 43.3 Å². The monoisotopic (exact) mass is 414 g/mol. The van der Waals surface area contributed by atoms with Crippen LogP contribution in [-0.2, 0) is 12.8 Å². The molecule has 0 saturated heterocycles. The fourth-order valence-corrected chi connectivity index (χ4v) is 3.71. The number of pyridine rings is 1. The van der Waals surface area contributed by atoms with Crippen molar-refractivity contribution in [3.63, 3.8) is 0 Å². The molecule has 0 fully saturated rings. The Kier molecular flexibility index (Phi) is 4.35. The Labute approximate surface area is 168 Å². The molecule has 0 radical (unpaired) electrons. The summed E-state index contributed by atoms with van der Waals surface area (Å²) in [6.07, 6.45) is -0.769. The Morgan fingerprint density at radius 2 is 1.87 bits per heavy atom. The number of hydrogen-bond donors (Lipinski definition) is 2. The van der Waals surface area contributed by atoms with Crippen molar-refractivity contribution in [3.05, 3.63) is 53.6 Å². The van der Waals surface area contributed by atoms with Gasteiger partial charge in [-0.25, -0.2) is 9.97 Å². The van der Waals surface area contributed by atoms with Gasteiger partial charge in [0.15, 0.2) is 17.5 Å². The zero-order chi connectivity index (χ0) is 20.9. The lowest BCUT2D eigenvalue weighted by Crippen LogP contribution is -2.20. The minimum atomic E-state index is -4.76. The Hall–Kier alpha value is -3.20. The number of aliphatic hydroxyl groups excluding tert-OH is 1. The highest BCUT2D eigenvalue weighted by Crippen LogP contribution is 2.34. The number of halogens is 3. The van der Waals surface area contributed by atoms with Crippen LogP contribution in [0, 0.1) is 0 Å². The van der Waals surface area contributed by atoms with E-state index in [4.69, 9.17) is 4.42 Å². The first kappa shape index (κ1) is 18.8. The highest BCUT2D eigenvalue weighted by molar-refractivity contribution is 5.81. The van der Waals surface area contributed by atoms with E-state index in [9.17, 15) is 18.3 Å². The van der Waals surface area contributed by atoms with Crippen LogP contribution >= 0.6 is 0 Å². The summed E-state index contributed by atoms with van der Waals surface area (Å²) in [6.45, 7) is 0. The summed E-state index contributed by atoms with van der Waals surface area (Å²) >= 11 is 0. The Balaban J connectivity index is 1.49. The summed E-state index contributed by atoms with van der Waals surface area (Å²) in [5.41, 5.74) is 3.98. The van der Waals surface area contributed by atoms with Crippen LogP contribution in [0.2, 0.25) is 0 Å². The number of alkyl halides is 3. The van der Waals surface area contributed by atoms with Crippen LogP contribution in [0.1, 0.15) is 35.9 Å². The van der Waals surface area contributed by atoms with Crippen molar-refractivity contribution in [1.82, 2.24) is 19.9 Å². The predicted molar refractivity (Wildman–Crippen MR) is 102 cm³/mol. The van der Waals surface area contributed by atoms with Crippen molar-refractivity contribution < 1.29 is 22.7 Å². The summed E-state index contributed by atoms with van der Waals surface area (Å²) in [5, 5.41) is 9.50. The van der Waals surface area contributed by atoms with Gasteiger partial charge in [0.05, 0.1) is 5.69 Å². The fraction of sp³-hybridized carbons (Fsp3) is 0.286. The molecule has 0 bridgehead atoms. The summed E-state index contributed by atoms with van der Waals surface area (Å²) in [4.78, 5) is 16.2. The largest absolute Gasteiger partial charge is 0.434 e. The molecule has 1 atom stereocenters. The van der Waals surface area contributed by atoms with Crippen molar-refractivity contribution in [1.29, 1.82) is 0 Å². The van der Waals surface area contributed by atoms with E-state index in [1.54, 1.807) is 18.2 Å². The van der Waals surface area contributed by atoms with Gasteiger partial charge in [-0.3, -0.25) is 4.98 Å². The smallest absolute Gasteiger partial charge is 0.418 e. The number of aliphatic hydroxyl groups is 1. The summed E-state index contributed by atoms with van der Waals surface area (Å²) < 4.78 is 44.3. The van der Waals surface area contributed by atoms with Gasteiger partial charge in [-0.15, -0.1) is 0 Å². The van der Waals surface area contributed by atoms with Gasteiger partial charge in [0.1, 0.15) is 5.52 Å². The molecule has 154 valence electrons. The van der Waals surface area contributed by atoms with E-state index in [1.165, 1.54) is 12.3 Å². The number of aryl methyl sites for hydroxylation is 2. The van der Waals surface area contributed by atoms with Gasteiger partial charge in [-0.2, -0.15) is 13.2 Å². The van der Waals surface area contributed by atoms with E-state index < -0.39 is 12.3 Å². The second-order valence-electron chi connectivity index (χ2n) is 7.37. The molecule has 0 aliphatic heterocycles. The van der Waals surface area contributed by atoms with Gasteiger partial charge in [-0.1, -0.05) is 6.07 Å². The number of hydrogen-bond acceptors (Lipinski definition) is 5. The molecular weight excluding hydrogens is 397 g/mol. The van der Waals surface area contributed by atoms with Crippen molar-refractivity contribution in [2.24, 2.45) is 0 Å². The minimum absolute atomic E-state index is 0.320. The molecule has 3 aromatic heterocycles. The van der Waals surface area contributed by atoms with Gasteiger partial charge in [0.2, 0.25) is 0 Å². The summed E-state index contributed by atoms with van der Waals surface area (Å²) in [6, 6.07) is 6.41. The lowest BCUT2D eigenvalue weighted by Gasteiger charge is -2.15. The quantitative estimate of drug-likeness (QED) is 0.505. The molecule has 1 aromatic carbocycles. The highest BCUT2D eigenvalue weighted by Gasteiger charge is 2.39. The Morgan fingerprint density at radius 1 is 1.03 bits per heavy atom. The van der Waals surface area contributed by atoms with Crippen LogP contribution in [0.5, 0.6) is 0 Å². The lowest BCUT2D eigenvalue weighted by atomic mass is 10.0. The average Bonchev–Trinajstić information content (AvgIpc) is 3.36. The summed E-state index contributed by atoms with van der Waals surface area (Å²) in [7, 11) is 0. The predicted octanol–water partition coefficient (Wildman–Crippen LogP) is 4.75. The van der Waals surface area contributed by atoms with Gasteiger partial charge in [0, 0.05) is 29.2 Å². The number of nitrogens with zero attached hydrogens (tertiary/aromatic N) is 3.